The van der Waals surface area contributed by atoms with Crippen molar-refractivity contribution in [1.82, 2.24) is 19.9 Å². The molecule has 0 fully saturated rings. The molecule has 472 valence electrons. The van der Waals surface area contributed by atoms with Crippen LogP contribution in [0.4, 0.5) is 0 Å². The fourth-order valence-corrected chi connectivity index (χ4v) is 14.8. The summed E-state index contributed by atoms with van der Waals surface area (Å²) >= 11 is 0. The fraction of sp³-hybridized carbons (Fsp3) is 0. The molecule has 0 spiro atoms. The number of nitrogens with zero attached hydrogens (tertiary/aromatic N) is 6. The van der Waals surface area contributed by atoms with Gasteiger partial charge in [0.25, 0.3) is 0 Å². The standard InChI is InChI=1S/C51H31N3.C45H27N3/c52-32-33-15-17-36(18-16-33)41-27-29-45-43-13-7-8-14-44(43)46-30-28-42(49(41)50(45)46)37-23-19-34(20-24-37)35-21-25-39(26-22-35)48-31-47(38-9-3-1-4-10-38)53-51(54-48)40-11-5-2-6-12-40;46-28-29-15-17-30(18-16-29)35-23-25-39-37-13-7-8-14-38(37)40-26-24-36(43(35)44(39)40)31-19-21-33(22-20-31)42-27-41(32-9-3-1-4-10-32)47-45(48-42)34-11-5-2-6-12-34/h1-31H;1-27H. The molecule has 15 aromatic carbocycles. The highest BCUT2D eigenvalue weighted by Crippen LogP contribution is 2.54. The molecule has 2 heterocycles. The molecular weight excluding hydrogens is 1240 g/mol. The highest BCUT2D eigenvalue weighted by Gasteiger charge is 2.27. The summed E-state index contributed by atoms with van der Waals surface area (Å²) in [6.45, 7) is 0. The maximum Gasteiger partial charge on any atom is 0.160 e. The molecule has 0 unspecified atom stereocenters. The predicted molar refractivity (Wildman–Crippen MR) is 417 cm³/mol. The second kappa shape index (κ2) is 25.8. The number of aromatic nitrogens is 4. The van der Waals surface area contributed by atoms with Crippen LogP contribution in [0.1, 0.15) is 11.1 Å². The summed E-state index contributed by atoms with van der Waals surface area (Å²) in [4.78, 5) is 20.0. The fourth-order valence-electron chi connectivity index (χ4n) is 14.8. The van der Waals surface area contributed by atoms with Crippen molar-refractivity contribution < 1.29 is 0 Å². The topological polar surface area (TPSA) is 99.1 Å². The van der Waals surface area contributed by atoms with Crippen LogP contribution in [0.5, 0.6) is 0 Å². The smallest absolute Gasteiger partial charge is 0.160 e. The molecule has 0 atom stereocenters. The summed E-state index contributed by atoms with van der Waals surface area (Å²) in [6, 6.07) is 127. The van der Waals surface area contributed by atoms with Crippen molar-refractivity contribution in [3.63, 3.8) is 0 Å². The maximum absolute atomic E-state index is 9.46. The first-order valence-corrected chi connectivity index (χ1v) is 34.2. The van der Waals surface area contributed by atoms with Crippen LogP contribution in [0.3, 0.4) is 0 Å². The van der Waals surface area contributed by atoms with Crippen molar-refractivity contribution in [2.24, 2.45) is 0 Å². The number of hydrogen-bond donors (Lipinski definition) is 0. The number of nitriles is 2. The van der Waals surface area contributed by atoms with E-state index in [0.717, 1.165) is 101 Å². The molecule has 17 aromatic rings. The van der Waals surface area contributed by atoms with Gasteiger partial charge in [-0.3, -0.25) is 0 Å². The predicted octanol–water partition coefficient (Wildman–Crippen LogP) is 24.6. The Morgan fingerprint density at radius 3 is 0.647 bits per heavy atom. The summed E-state index contributed by atoms with van der Waals surface area (Å²) in [5, 5.41) is 23.9. The van der Waals surface area contributed by atoms with Crippen molar-refractivity contribution in [2.45, 2.75) is 0 Å². The monoisotopic (exact) mass is 1290 g/mol. The van der Waals surface area contributed by atoms with E-state index >= 15 is 0 Å². The zero-order chi connectivity index (χ0) is 68.0. The Morgan fingerprint density at radius 1 is 0.167 bits per heavy atom. The van der Waals surface area contributed by atoms with E-state index in [1.807, 2.05) is 97.1 Å². The van der Waals surface area contributed by atoms with Gasteiger partial charge in [-0.05, 0) is 158 Å². The van der Waals surface area contributed by atoms with Crippen LogP contribution >= 0.6 is 0 Å². The van der Waals surface area contributed by atoms with Crippen molar-refractivity contribution in [1.29, 1.82) is 10.5 Å². The van der Waals surface area contributed by atoms with E-state index in [-0.39, 0.29) is 0 Å². The summed E-state index contributed by atoms with van der Waals surface area (Å²) < 4.78 is 0. The van der Waals surface area contributed by atoms with Crippen molar-refractivity contribution in [3.05, 3.63) is 363 Å². The molecule has 0 saturated heterocycles. The number of benzene rings is 15. The van der Waals surface area contributed by atoms with E-state index < -0.39 is 0 Å². The molecule has 0 N–H and O–H groups in total. The lowest BCUT2D eigenvalue weighted by Gasteiger charge is -2.15. The molecule has 6 nitrogen and oxygen atoms in total. The van der Waals surface area contributed by atoms with Gasteiger partial charge >= 0.3 is 0 Å². The minimum Gasteiger partial charge on any atom is -0.228 e. The second-order valence-corrected chi connectivity index (χ2v) is 25.7. The molecular formula is C96H58N6. The normalized spacial score (nSPS) is 11.3. The summed E-state index contributed by atoms with van der Waals surface area (Å²) in [5.41, 5.74) is 32.6. The van der Waals surface area contributed by atoms with Gasteiger partial charge in [-0.2, -0.15) is 10.5 Å². The summed E-state index contributed by atoms with van der Waals surface area (Å²) in [7, 11) is 0. The summed E-state index contributed by atoms with van der Waals surface area (Å²) in [5.74, 6) is 1.41. The lowest BCUT2D eigenvalue weighted by molar-refractivity contribution is 1.18. The SMILES string of the molecule is N#Cc1ccc(-c2ccc3c4c(ccc(-c5ccc(-c6cc(-c7ccccc7)nc(-c7ccccc7)n6)cc5)c24)-c2ccccc2-3)cc1.N#Cc1ccc(-c2ccc3c4c(ccc(-c5ccc(-c6ccc(-c7cc(-c8ccccc8)nc(-c8ccccc8)n7)cc6)cc5)c24)-c2ccccc2-3)cc1. The van der Waals surface area contributed by atoms with Crippen LogP contribution in [-0.2, 0) is 0 Å². The number of fused-ring (bicyclic) bond motifs is 6. The molecule has 0 bridgehead atoms. The maximum atomic E-state index is 9.46. The van der Waals surface area contributed by atoms with Crippen LogP contribution in [0.2, 0.25) is 0 Å². The van der Waals surface area contributed by atoms with Gasteiger partial charge in [0.1, 0.15) is 0 Å². The van der Waals surface area contributed by atoms with E-state index in [9.17, 15) is 10.5 Å². The Hall–Kier alpha value is -14.0. The molecule has 6 heteroatoms. The van der Waals surface area contributed by atoms with Gasteiger partial charge < -0.3 is 0 Å². The van der Waals surface area contributed by atoms with Crippen LogP contribution in [0.25, 0.3) is 189 Å². The van der Waals surface area contributed by atoms with E-state index in [1.54, 1.807) is 0 Å². The first-order chi connectivity index (χ1) is 50.5. The quantitative estimate of drug-likeness (QED) is 0.128. The van der Waals surface area contributed by atoms with Crippen molar-refractivity contribution in [2.75, 3.05) is 0 Å². The molecule has 102 heavy (non-hydrogen) atoms. The second-order valence-electron chi connectivity index (χ2n) is 25.7. The number of hydrogen-bond acceptors (Lipinski definition) is 6. The molecule has 0 radical (unpaired) electrons. The van der Waals surface area contributed by atoms with Crippen molar-refractivity contribution in [3.8, 4) is 180 Å². The Morgan fingerprint density at radius 2 is 0.373 bits per heavy atom. The van der Waals surface area contributed by atoms with Crippen molar-refractivity contribution >= 4 is 21.5 Å². The van der Waals surface area contributed by atoms with E-state index in [0.29, 0.717) is 22.8 Å². The molecule has 2 aliphatic rings. The lowest BCUT2D eigenvalue weighted by Crippen LogP contribution is -1.96. The van der Waals surface area contributed by atoms with Gasteiger partial charge in [0.05, 0.1) is 46.0 Å². The van der Waals surface area contributed by atoms with Crippen LogP contribution in [0.15, 0.2) is 352 Å². The van der Waals surface area contributed by atoms with Crippen LogP contribution in [-0.4, -0.2) is 19.9 Å². The average Bonchev–Trinajstić information content (AvgIpc) is 1.55. The molecule has 2 aliphatic carbocycles. The van der Waals surface area contributed by atoms with Gasteiger partial charge in [0, 0.05) is 33.4 Å². The highest BCUT2D eigenvalue weighted by atomic mass is 14.9. The summed E-state index contributed by atoms with van der Waals surface area (Å²) in [6.07, 6.45) is 0. The van der Waals surface area contributed by atoms with E-state index in [1.165, 1.54) is 77.2 Å². The lowest BCUT2D eigenvalue weighted by atomic mass is 9.88. The Kier molecular flexibility index (Phi) is 15.2. The third-order valence-corrected chi connectivity index (χ3v) is 19.8. The zero-order valence-corrected chi connectivity index (χ0v) is 55.2. The molecule has 2 aromatic heterocycles. The van der Waals surface area contributed by atoms with Gasteiger partial charge in [0.2, 0.25) is 0 Å². The van der Waals surface area contributed by atoms with Gasteiger partial charge in [-0.15, -0.1) is 0 Å². The minimum atomic E-state index is 0.656. The first kappa shape index (κ1) is 60.4. The van der Waals surface area contributed by atoms with E-state index in [2.05, 4.69) is 267 Å². The molecule has 0 aliphatic heterocycles. The number of rotatable bonds is 11. The third-order valence-electron chi connectivity index (χ3n) is 19.8. The largest absolute Gasteiger partial charge is 0.228 e. The van der Waals surface area contributed by atoms with Crippen LogP contribution < -0.4 is 0 Å². The Labute approximate surface area is 591 Å². The molecule has 19 rings (SSSR count). The third kappa shape index (κ3) is 11.0. The van der Waals surface area contributed by atoms with Crippen LogP contribution in [0, 0.1) is 22.7 Å². The average molecular weight is 1300 g/mol. The highest BCUT2D eigenvalue weighted by molar-refractivity contribution is 6.24. The Bertz CT molecular complexity index is 6010. The van der Waals surface area contributed by atoms with Gasteiger partial charge in [-0.25, -0.2) is 19.9 Å². The van der Waals surface area contributed by atoms with Gasteiger partial charge in [0.15, 0.2) is 11.6 Å². The molecule has 0 amide bonds. The minimum absolute atomic E-state index is 0.656. The zero-order valence-electron chi connectivity index (χ0n) is 55.2. The van der Waals surface area contributed by atoms with Gasteiger partial charge in [-0.1, -0.05) is 315 Å². The molecule has 0 saturated carbocycles. The van der Waals surface area contributed by atoms with E-state index in [4.69, 9.17) is 19.9 Å². The Balaban J connectivity index is 0.000000147. The first-order valence-electron chi connectivity index (χ1n) is 34.2.